The molecular weight excluding hydrogens is 318 g/mol. The fraction of sp³-hybridized carbons (Fsp3) is 0.533. The Morgan fingerprint density at radius 1 is 1.40 bits per heavy atom. The van der Waals surface area contributed by atoms with E-state index in [1.807, 2.05) is 14.1 Å². The highest BCUT2D eigenvalue weighted by molar-refractivity contribution is 9.10. The second-order valence-electron chi connectivity index (χ2n) is 5.80. The molecule has 1 unspecified atom stereocenters. The number of carbonyl (C=O) groups is 1. The maximum absolute atomic E-state index is 12.3. The van der Waals surface area contributed by atoms with Gasteiger partial charge in [0.2, 0.25) is 0 Å². The summed E-state index contributed by atoms with van der Waals surface area (Å²) < 4.78 is 0.807. The molecule has 0 aliphatic carbocycles. The van der Waals surface area contributed by atoms with Crippen LogP contribution in [0.3, 0.4) is 0 Å². The van der Waals surface area contributed by atoms with Gasteiger partial charge in [-0.3, -0.25) is 4.79 Å². The molecule has 0 fully saturated rings. The van der Waals surface area contributed by atoms with Crippen LogP contribution >= 0.6 is 15.9 Å². The molecule has 0 spiro atoms. The van der Waals surface area contributed by atoms with Crippen molar-refractivity contribution in [3.8, 4) is 0 Å². The van der Waals surface area contributed by atoms with Crippen LogP contribution in [-0.2, 0) is 0 Å². The number of likely N-dealkylation sites (N-methyl/N-ethyl adjacent to an activating group) is 1. The lowest BCUT2D eigenvalue weighted by Crippen LogP contribution is -2.42. The van der Waals surface area contributed by atoms with E-state index in [-0.39, 0.29) is 11.9 Å². The number of rotatable bonds is 6. The zero-order valence-corrected chi connectivity index (χ0v) is 14.2. The van der Waals surface area contributed by atoms with E-state index >= 15 is 0 Å². The van der Waals surface area contributed by atoms with Crippen LogP contribution in [0.25, 0.3) is 0 Å². The first-order valence-corrected chi connectivity index (χ1v) is 7.59. The second kappa shape index (κ2) is 7.64. The van der Waals surface area contributed by atoms with E-state index in [1.165, 1.54) is 0 Å². The lowest BCUT2D eigenvalue weighted by molar-refractivity contribution is 0.0924. The van der Waals surface area contributed by atoms with Gasteiger partial charge < -0.3 is 16.0 Å². The maximum atomic E-state index is 12.3. The Morgan fingerprint density at radius 3 is 2.55 bits per heavy atom. The lowest BCUT2D eigenvalue weighted by atomic mass is 10.0. The van der Waals surface area contributed by atoms with E-state index in [4.69, 9.17) is 5.73 Å². The Labute approximate surface area is 129 Å². The van der Waals surface area contributed by atoms with Gasteiger partial charge in [-0.05, 0) is 60.6 Å². The quantitative estimate of drug-likeness (QED) is 0.782. The standard InChI is InChI=1S/C15H24BrN3O/c1-10(2)7-12(9-19(3)4)18-15(20)11-5-6-13(16)14(17)8-11/h5-6,8,10,12H,7,9,17H2,1-4H3,(H,18,20). The summed E-state index contributed by atoms with van der Waals surface area (Å²) in [7, 11) is 4.02. The van der Waals surface area contributed by atoms with E-state index in [2.05, 4.69) is 40.0 Å². The molecule has 0 saturated heterocycles. The molecule has 20 heavy (non-hydrogen) atoms. The zero-order chi connectivity index (χ0) is 15.3. The van der Waals surface area contributed by atoms with Crippen LogP contribution in [0, 0.1) is 5.92 Å². The summed E-state index contributed by atoms with van der Waals surface area (Å²) in [5.41, 5.74) is 6.99. The third-order valence-corrected chi connectivity index (χ3v) is 3.66. The van der Waals surface area contributed by atoms with Crippen LogP contribution in [0.2, 0.25) is 0 Å². The van der Waals surface area contributed by atoms with Gasteiger partial charge in [0, 0.05) is 28.3 Å². The van der Waals surface area contributed by atoms with E-state index in [9.17, 15) is 4.79 Å². The Morgan fingerprint density at radius 2 is 2.05 bits per heavy atom. The summed E-state index contributed by atoms with van der Waals surface area (Å²) in [5, 5.41) is 3.09. The molecule has 1 aromatic carbocycles. The van der Waals surface area contributed by atoms with Gasteiger partial charge in [0.05, 0.1) is 0 Å². The minimum Gasteiger partial charge on any atom is -0.398 e. The summed E-state index contributed by atoms with van der Waals surface area (Å²) in [6.45, 7) is 5.15. The Bertz CT molecular complexity index is 450. The van der Waals surface area contributed by atoms with Crippen LogP contribution in [0.1, 0.15) is 30.6 Å². The lowest BCUT2D eigenvalue weighted by Gasteiger charge is -2.24. The number of halogens is 1. The number of amides is 1. The molecule has 1 amide bonds. The first-order valence-electron chi connectivity index (χ1n) is 6.80. The molecule has 0 saturated carbocycles. The first kappa shape index (κ1) is 17.0. The van der Waals surface area contributed by atoms with Gasteiger partial charge in [-0.15, -0.1) is 0 Å². The van der Waals surface area contributed by atoms with Crippen LogP contribution in [0.15, 0.2) is 22.7 Å². The van der Waals surface area contributed by atoms with Crippen molar-refractivity contribution in [2.24, 2.45) is 5.92 Å². The minimum atomic E-state index is -0.0725. The average Bonchev–Trinajstić information content (AvgIpc) is 2.30. The molecule has 112 valence electrons. The van der Waals surface area contributed by atoms with Crippen molar-refractivity contribution in [2.75, 3.05) is 26.4 Å². The average molecular weight is 342 g/mol. The predicted octanol–water partition coefficient (Wildman–Crippen LogP) is 2.74. The molecule has 3 N–H and O–H groups in total. The largest absolute Gasteiger partial charge is 0.398 e. The summed E-state index contributed by atoms with van der Waals surface area (Å²) in [6, 6.07) is 5.41. The van der Waals surface area contributed by atoms with Gasteiger partial charge in [0.1, 0.15) is 0 Å². The van der Waals surface area contributed by atoms with Crippen molar-refractivity contribution < 1.29 is 4.79 Å². The molecule has 0 bridgehead atoms. The summed E-state index contributed by atoms with van der Waals surface area (Å²) in [4.78, 5) is 14.4. The van der Waals surface area contributed by atoms with Crippen molar-refractivity contribution in [1.82, 2.24) is 10.2 Å². The first-order chi connectivity index (χ1) is 9.29. The molecule has 0 aliphatic rings. The molecule has 0 radical (unpaired) electrons. The number of nitrogen functional groups attached to an aromatic ring is 1. The molecule has 5 heteroatoms. The van der Waals surface area contributed by atoms with Gasteiger partial charge in [-0.1, -0.05) is 13.8 Å². The number of nitrogens with zero attached hydrogens (tertiary/aromatic N) is 1. The zero-order valence-electron chi connectivity index (χ0n) is 12.6. The highest BCUT2D eigenvalue weighted by Gasteiger charge is 2.16. The van der Waals surface area contributed by atoms with Crippen molar-refractivity contribution in [2.45, 2.75) is 26.3 Å². The van der Waals surface area contributed by atoms with Gasteiger partial charge in [-0.25, -0.2) is 0 Å². The third-order valence-electron chi connectivity index (χ3n) is 2.93. The van der Waals surface area contributed by atoms with Gasteiger partial charge in [-0.2, -0.15) is 0 Å². The predicted molar refractivity (Wildman–Crippen MR) is 87.8 cm³/mol. The number of hydrogen-bond donors (Lipinski definition) is 2. The Hall–Kier alpha value is -1.07. The molecule has 0 aliphatic heterocycles. The van der Waals surface area contributed by atoms with Crippen LogP contribution in [0.5, 0.6) is 0 Å². The summed E-state index contributed by atoms with van der Waals surface area (Å²) in [5.74, 6) is 0.465. The molecular formula is C15H24BrN3O. The monoisotopic (exact) mass is 341 g/mol. The number of benzene rings is 1. The second-order valence-corrected chi connectivity index (χ2v) is 6.65. The van der Waals surface area contributed by atoms with E-state index < -0.39 is 0 Å². The van der Waals surface area contributed by atoms with Gasteiger partial charge in [0.15, 0.2) is 0 Å². The summed E-state index contributed by atoms with van der Waals surface area (Å²) >= 11 is 3.33. The highest BCUT2D eigenvalue weighted by Crippen LogP contribution is 2.20. The van der Waals surface area contributed by atoms with Gasteiger partial charge in [0.25, 0.3) is 5.91 Å². The number of nitrogens with two attached hydrogens (primary N) is 1. The molecule has 4 nitrogen and oxygen atoms in total. The normalized spacial score (nSPS) is 12.8. The molecule has 1 atom stereocenters. The number of hydrogen-bond acceptors (Lipinski definition) is 3. The van der Waals surface area contributed by atoms with E-state index in [0.717, 1.165) is 17.4 Å². The highest BCUT2D eigenvalue weighted by atomic mass is 79.9. The fourth-order valence-electron chi connectivity index (χ4n) is 2.14. The van der Waals surface area contributed by atoms with E-state index in [0.29, 0.717) is 17.2 Å². The number of nitrogens with one attached hydrogen (secondary N) is 1. The molecule has 0 heterocycles. The van der Waals surface area contributed by atoms with Crippen LogP contribution < -0.4 is 11.1 Å². The van der Waals surface area contributed by atoms with Gasteiger partial charge >= 0.3 is 0 Å². The summed E-state index contributed by atoms with van der Waals surface area (Å²) in [6.07, 6.45) is 0.954. The Balaban J connectivity index is 2.76. The molecule has 1 aromatic rings. The van der Waals surface area contributed by atoms with Crippen LogP contribution in [-0.4, -0.2) is 37.5 Å². The Kier molecular flexibility index (Phi) is 6.49. The maximum Gasteiger partial charge on any atom is 0.251 e. The van der Waals surface area contributed by atoms with Crippen molar-refractivity contribution in [3.63, 3.8) is 0 Å². The third kappa shape index (κ3) is 5.51. The topological polar surface area (TPSA) is 58.4 Å². The minimum absolute atomic E-state index is 0.0725. The van der Waals surface area contributed by atoms with E-state index in [1.54, 1.807) is 18.2 Å². The molecule has 0 aromatic heterocycles. The smallest absolute Gasteiger partial charge is 0.251 e. The number of anilines is 1. The van der Waals surface area contributed by atoms with Crippen molar-refractivity contribution >= 4 is 27.5 Å². The molecule has 1 rings (SSSR count). The SMILES string of the molecule is CC(C)CC(CN(C)C)NC(=O)c1ccc(Br)c(N)c1. The van der Waals surface area contributed by atoms with Crippen molar-refractivity contribution in [3.05, 3.63) is 28.2 Å². The fourth-order valence-corrected chi connectivity index (χ4v) is 2.39. The van der Waals surface area contributed by atoms with Crippen LogP contribution in [0.4, 0.5) is 5.69 Å². The van der Waals surface area contributed by atoms with Crippen molar-refractivity contribution in [1.29, 1.82) is 0 Å². The number of carbonyl (C=O) groups excluding carboxylic acids is 1.